The van der Waals surface area contributed by atoms with Crippen molar-refractivity contribution in [2.24, 2.45) is 5.73 Å². The van der Waals surface area contributed by atoms with Crippen LogP contribution in [0.5, 0.6) is 23.0 Å². The van der Waals surface area contributed by atoms with Gasteiger partial charge in [-0.15, -0.1) is 0 Å². The molecule has 0 radical (unpaired) electrons. The molecule has 0 saturated heterocycles. The molecular weight excluding hydrogens is 604 g/mol. The van der Waals surface area contributed by atoms with E-state index in [-0.39, 0.29) is 29.6 Å². The van der Waals surface area contributed by atoms with E-state index in [4.69, 9.17) is 40.7 Å². The third kappa shape index (κ3) is 5.73. The lowest BCUT2D eigenvalue weighted by Crippen LogP contribution is -2.21. The molecule has 0 fully saturated rings. The van der Waals surface area contributed by atoms with Crippen molar-refractivity contribution in [3.05, 3.63) is 128 Å². The molecule has 6 rings (SSSR count). The molecule has 4 aromatic carbocycles. The molecule has 232 valence electrons. The topological polar surface area (TPSA) is 117 Å². The van der Waals surface area contributed by atoms with E-state index in [2.05, 4.69) is 6.07 Å². The Hall–Kier alpha value is -5.39. The van der Waals surface area contributed by atoms with Gasteiger partial charge in [-0.2, -0.15) is 5.26 Å². The Kier molecular flexibility index (Phi) is 8.35. The first kappa shape index (κ1) is 30.6. The monoisotopic (exact) mass is 634 g/mol. The predicted octanol–water partition coefficient (Wildman–Crippen LogP) is 8.43. The summed E-state index contributed by atoms with van der Waals surface area (Å²) in [4.78, 5) is 13.2. The zero-order valence-corrected chi connectivity index (χ0v) is 26.5. The first-order valence-corrected chi connectivity index (χ1v) is 15.1. The fourth-order valence-corrected chi connectivity index (χ4v) is 6.03. The van der Waals surface area contributed by atoms with E-state index in [1.807, 2.05) is 76.2 Å². The molecule has 8 nitrogen and oxygen atoms in total. The summed E-state index contributed by atoms with van der Waals surface area (Å²) in [5, 5.41) is 11.6. The van der Waals surface area contributed by atoms with E-state index in [0.717, 1.165) is 27.6 Å². The van der Waals surface area contributed by atoms with Crippen molar-refractivity contribution in [1.82, 2.24) is 0 Å². The van der Waals surface area contributed by atoms with Gasteiger partial charge in [-0.25, -0.2) is 4.79 Å². The zero-order chi connectivity index (χ0) is 32.5. The van der Waals surface area contributed by atoms with Gasteiger partial charge in [-0.3, -0.25) is 0 Å². The summed E-state index contributed by atoms with van der Waals surface area (Å²) >= 11 is 6.31. The second-order valence-corrected chi connectivity index (χ2v) is 11.5. The number of hydrogen-bond donors (Lipinski definition) is 1. The third-order valence-corrected chi connectivity index (χ3v) is 8.27. The number of halogens is 1. The third-order valence-electron chi connectivity index (χ3n) is 7.90. The minimum Gasteiger partial charge on any atom is -0.490 e. The summed E-state index contributed by atoms with van der Waals surface area (Å²) < 4.78 is 29.5. The van der Waals surface area contributed by atoms with Crippen LogP contribution in [0.3, 0.4) is 0 Å². The Morgan fingerprint density at radius 3 is 2.57 bits per heavy atom. The van der Waals surface area contributed by atoms with Gasteiger partial charge in [-0.1, -0.05) is 48.0 Å². The Morgan fingerprint density at radius 2 is 1.80 bits per heavy atom. The number of carbonyl (C=O) groups is 1. The summed E-state index contributed by atoms with van der Waals surface area (Å²) in [7, 11) is 0. The maximum atomic E-state index is 13.2. The van der Waals surface area contributed by atoms with E-state index < -0.39 is 11.9 Å². The van der Waals surface area contributed by atoms with Crippen LogP contribution in [0.2, 0.25) is 5.02 Å². The summed E-state index contributed by atoms with van der Waals surface area (Å²) in [5.41, 5.74) is 12.2. The van der Waals surface area contributed by atoms with Crippen molar-refractivity contribution in [3.63, 3.8) is 0 Å². The fourth-order valence-electron chi connectivity index (χ4n) is 5.84. The number of furan rings is 1. The van der Waals surface area contributed by atoms with Crippen molar-refractivity contribution in [3.8, 4) is 29.1 Å². The van der Waals surface area contributed by atoms with Gasteiger partial charge in [0.2, 0.25) is 11.6 Å². The normalized spacial score (nSPS) is 14.0. The van der Waals surface area contributed by atoms with E-state index in [1.54, 1.807) is 24.3 Å². The molecule has 2 N–H and O–H groups in total. The molecule has 2 heterocycles. The van der Waals surface area contributed by atoms with Crippen LogP contribution in [0.25, 0.3) is 11.0 Å². The van der Waals surface area contributed by atoms with Crippen LogP contribution in [-0.4, -0.2) is 12.6 Å². The lowest BCUT2D eigenvalue weighted by atomic mass is 9.83. The Labute approximate surface area is 271 Å². The number of carbonyl (C=O) groups excluding carboxylic acids is 1. The lowest BCUT2D eigenvalue weighted by Gasteiger charge is -2.27. The number of rotatable bonds is 8. The molecular formula is C37H31ClN2O6. The largest absolute Gasteiger partial charge is 0.490 e. The highest BCUT2D eigenvalue weighted by molar-refractivity contribution is 6.31. The number of benzene rings is 4. The highest BCUT2D eigenvalue weighted by atomic mass is 35.5. The Bertz CT molecular complexity index is 2070. The molecule has 0 spiro atoms. The Balaban J connectivity index is 1.30. The van der Waals surface area contributed by atoms with Gasteiger partial charge in [0.05, 0.1) is 12.5 Å². The molecule has 1 aromatic heterocycles. The number of esters is 1. The number of aryl methyl sites for hydroxylation is 3. The smallest absolute Gasteiger partial charge is 0.379 e. The number of hydrogen-bond acceptors (Lipinski definition) is 8. The van der Waals surface area contributed by atoms with E-state index >= 15 is 0 Å². The van der Waals surface area contributed by atoms with Crippen LogP contribution >= 0.6 is 11.6 Å². The van der Waals surface area contributed by atoms with Crippen LogP contribution < -0.4 is 24.7 Å². The summed E-state index contributed by atoms with van der Waals surface area (Å²) in [6.45, 7) is 8.33. The fraction of sp³-hybridized carbons (Fsp3) is 0.189. The highest BCUT2D eigenvalue weighted by Gasteiger charge is 2.32. The number of fused-ring (bicyclic) bond motifs is 2. The van der Waals surface area contributed by atoms with Crippen molar-refractivity contribution < 1.29 is 28.2 Å². The summed E-state index contributed by atoms with van der Waals surface area (Å²) in [6, 6.07) is 24.1. The van der Waals surface area contributed by atoms with Gasteiger partial charge in [0.15, 0.2) is 11.5 Å². The molecule has 0 saturated carbocycles. The molecule has 1 unspecified atom stereocenters. The van der Waals surface area contributed by atoms with Crippen molar-refractivity contribution in [2.75, 3.05) is 6.61 Å². The quantitative estimate of drug-likeness (QED) is 0.133. The minimum absolute atomic E-state index is 0.0422. The van der Waals surface area contributed by atoms with Crippen LogP contribution in [0.4, 0.5) is 0 Å². The van der Waals surface area contributed by atoms with Gasteiger partial charge in [-0.05, 0) is 74.7 Å². The van der Waals surface area contributed by atoms with Gasteiger partial charge in [0.25, 0.3) is 0 Å². The molecule has 9 heteroatoms. The van der Waals surface area contributed by atoms with Crippen LogP contribution in [0.15, 0.2) is 88.7 Å². The number of allylic oxidation sites excluding steroid dienone is 1. The molecule has 5 aromatic rings. The average molecular weight is 635 g/mol. The lowest BCUT2D eigenvalue weighted by molar-refractivity contribution is 0.0702. The van der Waals surface area contributed by atoms with E-state index in [0.29, 0.717) is 45.6 Å². The maximum Gasteiger partial charge on any atom is 0.379 e. The van der Waals surface area contributed by atoms with Crippen LogP contribution in [0.1, 0.15) is 56.8 Å². The SMILES string of the molecule is CCOc1cc(C2C(C#N)=C(N)Oc3cc(OC(=O)c4oc5cc(C)cc(C)c5c4C)ccc32)ccc1OCc1ccccc1Cl. The van der Waals surface area contributed by atoms with Crippen molar-refractivity contribution >= 4 is 28.5 Å². The number of nitriles is 1. The summed E-state index contributed by atoms with van der Waals surface area (Å²) in [5.74, 6) is 0.520. The molecule has 1 aliphatic heterocycles. The van der Waals surface area contributed by atoms with Crippen LogP contribution in [0, 0.1) is 32.1 Å². The Morgan fingerprint density at radius 1 is 1.00 bits per heavy atom. The average Bonchev–Trinajstić information content (AvgIpc) is 3.36. The van der Waals surface area contributed by atoms with Gasteiger partial charge >= 0.3 is 5.97 Å². The minimum atomic E-state index is -0.631. The maximum absolute atomic E-state index is 13.2. The molecule has 1 aliphatic rings. The standard InChI is InChI=1S/C37H31ClN2O6/c1-5-42-31-16-23(10-13-29(31)43-19-24-8-6-7-9-28(24)38)34-26-12-11-25(17-30(26)46-36(40)27(34)18-39)44-37(41)35-22(4)33-21(3)14-20(2)15-32(33)45-35/h6-17,34H,5,19,40H2,1-4H3. The number of ether oxygens (including phenoxy) is 4. The van der Waals surface area contributed by atoms with E-state index in [1.165, 1.54) is 0 Å². The molecule has 0 aliphatic carbocycles. The summed E-state index contributed by atoms with van der Waals surface area (Å²) in [6.07, 6.45) is 0. The first-order valence-electron chi connectivity index (χ1n) is 14.8. The number of nitrogens with two attached hydrogens (primary N) is 1. The predicted molar refractivity (Wildman–Crippen MR) is 175 cm³/mol. The first-order chi connectivity index (χ1) is 22.2. The number of nitrogens with zero attached hydrogens (tertiary/aromatic N) is 1. The molecule has 46 heavy (non-hydrogen) atoms. The van der Waals surface area contributed by atoms with Crippen LogP contribution in [-0.2, 0) is 6.61 Å². The zero-order valence-electron chi connectivity index (χ0n) is 25.8. The molecule has 0 amide bonds. The highest BCUT2D eigenvalue weighted by Crippen LogP contribution is 2.45. The molecule has 0 bridgehead atoms. The van der Waals surface area contributed by atoms with Gasteiger partial charge < -0.3 is 29.1 Å². The molecule has 1 atom stereocenters. The van der Waals surface area contributed by atoms with Gasteiger partial charge in [0, 0.05) is 33.2 Å². The van der Waals surface area contributed by atoms with Gasteiger partial charge in [0.1, 0.15) is 35.3 Å². The second-order valence-electron chi connectivity index (χ2n) is 11.0. The van der Waals surface area contributed by atoms with Crippen molar-refractivity contribution in [2.45, 2.75) is 40.2 Å². The van der Waals surface area contributed by atoms with E-state index in [9.17, 15) is 10.1 Å². The van der Waals surface area contributed by atoms with Crippen molar-refractivity contribution in [1.29, 1.82) is 5.26 Å². The second kappa shape index (κ2) is 12.5.